The first-order chi connectivity index (χ1) is 4.74. The lowest BCUT2D eigenvalue weighted by atomic mass is 10.3. The van der Waals surface area contributed by atoms with Gasteiger partial charge in [-0.15, -0.1) is 0 Å². The maximum atomic E-state index is 10.7. The van der Waals surface area contributed by atoms with Gasteiger partial charge in [-0.1, -0.05) is 0 Å². The normalized spacial score (nSPS) is 26.4. The van der Waals surface area contributed by atoms with Gasteiger partial charge in [0, 0.05) is 6.54 Å². The number of hydrogen-bond acceptors (Lipinski definition) is 3. The Morgan fingerprint density at radius 3 is 3.00 bits per heavy atom. The summed E-state index contributed by atoms with van der Waals surface area (Å²) in [5.41, 5.74) is 0. The molecule has 3 N–H and O–H groups in total. The Hall–Kier alpha value is -0.810. The first kappa shape index (κ1) is 7.30. The second-order valence-electron chi connectivity index (χ2n) is 2.20. The number of amides is 2. The molecule has 5 nitrogen and oxygen atoms in total. The van der Waals surface area contributed by atoms with Crippen LogP contribution in [0.3, 0.4) is 0 Å². The molecule has 1 atom stereocenters. The van der Waals surface area contributed by atoms with E-state index in [-0.39, 0.29) is 25.9 Å². The van der Waals surface area contributed by atoms with E-state index in [2.05, 4.69) is 5.32 Å². The standard InChI is InChI=1S/C5H10N2O3/c8-3-7-2-4(9)1-6-5(7)10/h4,8-9H,1-3H2,(H,6,10). The molecule has 0 aliphatic carbocycles. The number of β-amino-alcohol motifs (C(OH)–C–C–N with tert-alkyl or cyclic N) is 1. The number of carbonyl (C=O) groups excluding carboxylic acids is 1. The minimum Gasteiger partial charge on any atom is -0.389 e. The molecular weight excluding hydrogens is 136 g/mol. The van der Waals surface area contributed by atoms with Crippen LogP contribution in [-0.2, 0) is 0 Å². The van der Waals surface area contributed by atoms with Crippen LogP contribution in [0.2, 0.25) is 0 Å². The van der Waals surface area contributed by atoms with Crippen molar-refractivity contribution in [3.05, 3.63) is 0 Å². The number of aliphatic hydroxyl groups excluding tert-OH is 2. The van der Waals surface area contributed by atoms with Crippen molar-refractivity contribution in [2.24, 2.45) is 0 Å². The second-order valence-corrected chi connectivity index (χ2v) is 2.20. The van der Waals surface area contributed by atoms with Crippen LogP contribution in [-0.4, -0.2) is 47.1 Å². The lowest BCUT2D eigenvalue weighted by Crippen LogP contribution is -2.53. The molecule has 2 amide bonds. The van der Waals surface area contributed by atoms with Gasteiger partial charge in [0.25, 0.3) is 0 Å². The molecule has 0 saturated carbocycles. The molecule has 0 radical (unpaired) electrons. The molecule has 1 heterocycles. The van der Waals surface area contributed by atoms with E-state index in [0.29, 0.717) is 0 Å². The van der Waals surface area contributed by atoms with E-state index >= 15 is 0 Å². The number of carbonyl (C=O) groups is 1. The summed E-state index contributed by atoms with van der Waals surface area (Å²) in [6.07, 6.45) is -0.565. The zero-order chi connectivity index (χ0) is 7.56. The number of nitrogens with one attached hydrogen (secondary N) is 1. The summed E-state index contributed by atoms with van der Waals surface area (Å²) >= 11 is 0. The van der Waals surface area contributed by atoms with Crippen molar-refractivity contribution >= 4 is 6.03 Å². The van der Waals surface area contributed by atoms with E-state index in [9.17, 15) is 4.79 Å². The minimum atomic E-state index is -0.565. The van der Waals surface area contributed by atoms with E-state index in [1.54, 1.807) is 0 Å². The van der Waals surface area contributed by atoms with E-state index in [1.807, 2.05) is 0 Å². The molecule has 10 heavy (non-hydrogen) atoms. The lowest BCUT2D eigenvalue weighted by molar-refractivity contribution is 0.0532. The fourth-order valence-electron chi connectivity index (χ4n) is 0.841. The van der Waals surface area contributed by atoms with Gasteiger partial charge in [0.2, 0.25) is 0 Å². The molecule has 1 fully saturated rings. The minimum absolute atomic E-state index is 0.211. The van der Waals surface area contributed by atoms with Gasteiger partial charge < -0.3 is 15.5 Å². The van der Waals surface area contributed by atoms with Crippen LogP contribution in [0.15, 0.2) is 0 Å². The number of aliphatic hydroxyl groups is 2. The molecule has 1 unspecified atom stereocenters. The molecular formula is C5H10N2O3. The number of hydrogen-bond donors (Lipinski definition) is 3. The Morgan fingerprint density at radius 2 is 2.50 bits per heavy atom. The molecule has 0 aromatic heterocycles. The lowest BCUT2D eigenvalue weighted by Gasteiger charge is -2.28. The molecule has 1 rings (SSSR count). The molecule has 1 saturated heterocycles. The van der Waals surface area contributed by atoms with Crippen LogP contribution < -0.4 is 5.32 Å². The zero-order valence-corrected chi connectivity index (χ0v) is 5.45. The summed E-state index contributed by atoms with van der Waals surface area (Å²) in [6.45, 7) is 0.139. The van der Waals surface area contributed by atoms with Gasteiger partial charge in [0.05, 0.1) is 12.6 Å². The summed E-state index contributed by atoms with van der Waals surface area (Å²) in [6, 6.07) is -0.326. The summed E-state index contributed by atoms with van der Waals surface area (Å²) in [7, 11) is 0. The summed E-state index contributed by atoms with van der Waals surface area (Å²) in [4.78, 5) is 11.8. The largest absolute Gasteiger partial charge is 0.389 e. The van der Waals surface area contributed by atoms with Gasteiger partial charge >= 0.3 is 6.03 Å². The van der Waals surface area contributed by atoms with Crippen molar-refractivity contribution in [1.82, 2.24) is 10.2 Å². The van der Waals surface area contributed by atoms with Crippen molar-refractivity contribution in [3.63, 3.8) is 0 Å². The Kier molecular flexibility index (Phi) is 2.08. The van der Waals surface area contributed by atoms with Crippen molar-refractivity contribution in [2.75, 3.05) is 19.8 Å². The average Bonchev–Trinajstić information content (AvgIpc) is 1.94. The zero-order valence-electron chi connectivity index (χ0n) is 5.45. The topological polar surface area (TPSA) is 72.8 Å². The Labute approximate surface area is 58.3 Å². The van der Waals surface area contributed by atoms with Crippen LogP contribution in [0, 0.1) is 0 Å². The maximum absolute atomic E-state index is 10.7. The SMILES string of the molecule is O=C1NCC(O)CN1CO. The predicted molar refractivity (Wildman–Crippen MR) is 33.2 cm³/mol. The molecule has 0 aromatic rings. The third kappa shape index (κ3) is 1.37. The smallest absolute Gasteiger partial charge is 0.319 e. The van der Waals surface area contributed by atoms with Gasteiger partial charge in [-0.25, -0.2) is 4.79 Å². The van der Waals surface area contributed by atoms with E-state index in [4.69, 9.17) is 10.2 Å². The first-order valence-corrected chi connectivity index (χ1v) is 3.05. The highest BCUT2D eigenvalue weighted by Crippen LogP contribution is 1.97. The fourth-order valence-corrected chi connectivity index (χ4v) is 0.841. The predicted octanol–water partition coefficient (Wildman–Crippen LogP) is -1.68. The fraction of sp³-hybridized carbons (Fsp3) is 0.800. The average molecular weight is 146 g/mol. The van der Waals surface area contributed by atoms with Gasteiger partial charge in [-0.05, 0) is 0 Å². The van der Waals surface area contributed by atoms with E-state index < -0.39 is 6.10 Å². The van der Waals surface area contributed by atoms with Crippen molar-refractivity contribution in [2.45, 2.75) is 6.10 Å². The summed E-state index contributed by atoms with van der Waals surface area (Å²) in [5.74, 6) is 0. The molecule has 5 heteroatoms. The first-order valence-electron chi connectivity index (χ1n) is 3.05. The number of rotatable bonds is 1. The molecule has 58 valence electrons. The molecule has 0 aromatic carbocycles. The highest BCUT2D eigenvalue weighted by atomic mass is 16.3. The van der Waals surface area contributed by atoms with Crippen LogP contribution >= 0.6 is 0 Å². The summed E-state index contributed by atoms with van der Waals surface area (Å²) in [5, 5.41) is 19.9. The second kappa shape index (κ2) is 2.85. The van der Waals surface area contributed by atoms with Crippen LogP contribution in [0.1, 0.15) is 0 Å². The maximum Gasteiger partial charge on any atom is 0.319 e. The van der Waals surface area contributed by atoms with E-state index in [1.165, 1.54) is 0 Å². The van der Waals surface area contributed by atoms with E-state index in [0.717, 1.165) is 4.90 Å². The highest BCUT2D eigenvalue weighted by Gasteiger charge is 2.21. The Morgan fingerprint density at radius 1 is 1.80 bits per heavy atom. The van der Waals surface area contributed by atoms with Gasteiger partial charge in [0.15, 0.2) is 0 Å². The van der Waals surface area contributed by atoms with Crippen molar-refractivity contribution in [1.29, 1.82) is 0 Å². The van der Waals surface area contributed by atoms with Crippen molar-refractivity contribution in [3.8, 4) is 0 Å². The Bertz CT molecular complexity index is 139. The molecule has 0 spiro atoms. The monoisotopic (exact) mass is 146 g/mol. The summed E-state index contributed by atoms with van der Waals surface area (Å²) < 4.78 is 0. The molecule has 1 aliphatic rings. The number of urea groups is 1. The quantitative estimate of drug-likeness (QED) is 0.414. The highest BCUT2D eigenvalue weighted by molar-refractivity contribution is 5.74. The van der Waals surface area contributed by atoms with Crippen LogP contribution in [0.5, 0.6) is 0 Å². The molecule has 0 bridgehead atoms. The van der Waals surface area contributed by atoms with Crippen molar-refractivity contribution < 1.29 is 15.0 Å². The van der Waals surface area contributed by atoms with Crippen LogP contribution in [0.4, 0.5) is 4.79 Å². The van der Waals surface area contributed by atoms with Crippen LogP contribution in [0.25, 0.3) is 0 Å². The Balaban J connectivity index is 2.45. The number of nitrogens with zero attached hydrogens (tertiary/aromatic N) is 1. The van der Waals surface area contributed by atoms with Gasteiger partial charge in [-0.2, -0.15) is 0 Å². The third-order valence-corrected chi connectivity index (χ3v) is 1.38. The molecule has 1 aliphatic heterocycles. The third-order valence-electron chi connectivity index (χ3n) is 1.38. The van der Waals surface area contributed by atoms with Gasteiger partial charge in [0.1, 0.15) is 6.73 Å². The van der Waals surface area contributed by atoms with Gasteiger partial charge in [-0.3, -0.25) is 4.90 Å².